The molecule has 2 nitrogen and oxygen atoms in total. The minimum Gasteiger partial charge on any atom is -0.271 e. The molecule has 6 heteroatoms. The van der Waals surface area contributed by atoms with Crippen molar-refractivity contribution >= 4 is 23.2 Å². The van der Waals surface area contributed by atoms with Gasteiger partial charge in [0.05, 0.1) is 6.04 Å². The Balaban J connectivity index is 2.49. The Bertz CT molecular complexity index is 585. The summed E-state index contributed by atoms with van der Waals surface area (Å²) in [7, 11) is 0. The first-order valence-electron chi connectivity index (χ1n) is 5.38. The summed E-state index contributed by atoms with van der Waals surface area (Å²) in [5.41, 5.74) is 3.41. The van der Waals surface area contributed by atoms with E-state index in [1.807, 2.05) is 0 Å². The van der Waals surface area contributed by atoms with Gasteiger partial charge in [0.15, 0.2) is 0 Å². The lowest BCUT2D eigenvalue weighted by atomic mass is 9.99. The highest BCUT2D eigenvalue weighted by atomic mass is 35.5. The molecule has 2 aromatic carbocycles. The summed E-state index contributed by atoms with van der Waals surface area (Å²) in [5, 5.41) is 0.829. The molecule has 0 aliphatic carbocycles. The van der Waals surface area contributed by atoms with Crippen molar-refractivity contribution in [2.75, 3.05) is 0 Å². The molecule has 0 saturated heterocycles. The molecule has 0 bridgehead atoms. The van der Waals surface area contributed by atoms with Crippen LogP contribution in [0.3, 0.4) is 0 Å². The number of halogens is 4. The summed E-state index contributed by atoms with van der Waals surface area (Å²) in [4.78, 5) is 0. The molecule has 100 valence electrons. The Morgan fingerprint density at radius 3 is 2.16 bits per heavy atom. The van der Waals surface area contributed by atoms with Crippen LogP contribution in [-0.4, -0.2) is 0 Å². The molecule has 0 radical (unpaired) electrons. The van der Waals surface area contributed by atoms with Crippen LogP contribution in [0.15, 0.2) is 36.4 Å². The van der Waals surface area contributed by atoms with E-state index in [1.54, 1.807) is 18.2 Å². The second-order valence-corrected chi connectivity index (χ2v) is 4.81. The van der Waals surface area contributed by atoms with Crippen LogP contribution in [0.25, 0.3) is 0 Å². The highest BCUT2D eigenvalue weighted by molar-refractivity contribution is 6.35. The summed E-state index contributed by atoms with van der Waals surface area (Å²) in [6.45, 7) is 0. The first kappa shape index (κ1) is 14.2. The zero-order valence-electron chi connectivity index (χ0n) is 9.63. The lowest BCUT2D eigenvalue weighted by Crippen LogP contribution is -2.29. The third-order valence-corrected chi connectivity index (χ3v) is 3.22. The molecular weight excluding hydrogens is 293 g/mol. The normalized spacial score (nSPS) is 12.5. The second-order valence-electron chi connectivity index (χ2n) is 3.97. The van der Waals surface area contributed by atoms with Gasteiger partial charge in [-0.15, -0.1) is 0 Å². The number of hydrogen-bond acceptors (Lipinski definition) is 2. The quantitative estimate of drug-likeness (QED) is 0.668. The summed E-state index contributed by atoms with van der Waals surface area (Å²) in [6, 6.07) is 7.37. The van der Waals surface area contributed by atoms with Gasteiger partial charge in [-0.3, -0.25) is 5.84 Å². The van der Waals surface area contributed by atoms with E-state index < -0.39 is 17.7 Å². The lowest BCUT2D eigenvalue weighted by molar-refractivity contribution is 0.566. The van der Waals surface area contributed by atoms with Crippen LogP contribution in [0.5, 0.6) is 0 Å². The maximum Gasteiger partial charge on any atom is 0.126 e. The molecule has 2 rings (SSSR count). The van der Waals surface area contributed by atoms with E-state index in [2.05, 4.69) is 5.43 Å². The van der Waals surface area contributed by atoms with Crippen molar-refractivity contribution in [2.45, 2.75) is 6.04 Å². The predicted octanol–water partition coefficient (Wildman–Crippen LogP) is 3.82. The average molecular weight is 303 g/mol. The van der Waals surface area contributed by atoms with Gasteiger partial charge in [0.1, 0.15) is 11.6 Å². The van der Waals surface area contributed by atoms with Gasteiger partial charge in [-0.05, 0) is 35.4 Å². The lowest BCUT2D eigenvalue weighted by Gasteiger charge is -2.18. The molecule has 0 amide bonds. The van der Waals surface area contributed by atoms with Gasteiger partial charge in [0.2, 0.25) is 0 Å². The second kappa shape index (κ2) is 5.84. The summed E-state index contributed by atoms with van der Waals surface area (Å²) in [6.07, 6.45) is 0. The van der Waals surface area contributed by atoms with E-state index in [9.17, 15) is 8.78 Å². The topological polar surface area (TPSA) is 38.0 Å². The van der Waals surface area contributed by atoms with Gasteiger partial charge < -0.3 is 0 Å². The average Bonchev–Trinajstić information content (AvgIpc) is 2.31. The molecule has 3 N–H and O–H groups in total. The Kier molecular flexibility index (Phi) is 4.37. The third-order valence-electron chi connectivity index (χ3n) is 2.66. The van der Waals surface area contributed by atoms with E-state index in [-0.39, 0.29) is 0 Å². The molecule has 2 aromatic rings. The molecule has 1 atom stereocenters. The first-order valence-corrected chi connectivity index (χ1v) is 6.14. The maximum absolute atomic E-state index is 13.2. The molecule has 0 saturated carbocycles. The van der Waals surface area contributed by atoms with Crippen LogP contribution in [0, 0.1) is 11.6 Å². The van der Waals surface area contributed by atoms with Crippen molar-refractivity contribution in [3.8, 4) is 0 Å². The van der Waals surface area contributed by atoms with Gasteiger partial charge in [0, 0.05) is 16.1 Å². The van der Waals surface area contributed by atoms with Gasteiger partial charge in [0.25, 0.3) is 0 Å². The zero-order chi connectivity index (χ0) is 14.0. The fourth-order valence-electron chi connectivity index (χ4n) is 1.84. The predicted molar refractivity (Wildman–Crippen MR) is 72.0 cm³/mol. The number of hydrogen-bond donors (Lipinski definition) is 2. The zero-order valence-corrected chi connectivity index (χ0v) is 11.1. The molecule has 19 heavy (non-hydrogen) atoms. The molecule has 1 unspecified atom stereocenters. The SMILES string of the molecule is NNC(c1cc(F)cc(F)c1)c1ccc(Cl)cc1Cl. The Morgan fingerprint density at radius 1 is 1.00 bits per heavy atom. The fraction of sp³-hybridized carbons (Fsp3) is 0.0769. The molecule has 0 fully saturated rings. The monoisotopic (exact) mass is 302 g/mol. The first-order chi connectivity index (χ1) is 9.01. The molecule has 0 aliphatic rings. The van der Waals surface area contributed by atoms with Gasteiger partial charge >= 0.3 is 0 Å². The van der Waals surface area contributed by atoms with Crippen molar-refractivity contribution in [2.24, 2.45) is 5.84 Å². The Hall–Kier alpha value is -1.20. The molecule has 0 aliphatic heterocycles. The largest absolute Gasteiger partial charge is 0.271 e. The third kappa shape index (κ3) is 3.22. The molecule has 0 heterocycles. The van der Waals surface area contributed by atoms with Crippen LogP contribution in [-0.2, 0) is 0 Å². The smallest absolute Gasteiger partial charge is 0.126 e. The Labute approximate surface area is 119 Å². The van der Waals surface area contributed by atoms with Crippen LogP contribution in [0.1, 0.15) is 17.2 Å². The minimum absolute atomic E-state index is 0.337. The van der Waals surface area contributed by atoms with Gasteiger partial charge in [-0.1, -0.05) is 29.3 Å². The van der Waals surface area contributed by atoms with Crippen LogP contribution in [0.4, 0.5) is 8.78 Å². The summed E-state index contributed by atoms with van der Waals surface area (Å²) >= 11 is 11.9. The van der Waals surface area contributed by atoms with E-state index in [0.29, 0.717) is 21.2 Å². The highest BCUT2D eigenvalue weighted by Gasteiger charge is 2.17. The van der Waals surface area contributed by atoms with Crippen LogP contribution in [0.2, 0.25) is 10.0 Å². The van der Waals surface area contributed by atoms with E-state index in [0.717, 1.165) is 6.07 Å². The standard InChI is InChI=1S/C13H10Cl2F2N2/c14-8-1-2-11(12(15)5-8)13(19-18)7-3-9(16)6-10(17)4-7/h1-6,13,19H,18H2. The number of rotatable bonds is 3. The van der Waals surface area contributed by atoms with E-state index in [4.69, 9.17) is 29.0 Å². The molecule has 0 aromatic heterocycles. The maximum atomic E-state index is 13.2. The van der Waals surface area contributed by atoms with Gasteiger partial charge in [-0.2, -0.15) is 0 Å². The van der Waals surface area contributed by atoms with Crippen LogP contribution < -0.4 is 11.3 Å². The molecular formula is C13H10Cl2F2N2. The van der Waals surface area contributed by atoms with E-state index in [1.165, 1.54) is 12.1 Å². The number of nitrogens with one attached hydrogen (secondary N) is 1. The van der Waals surface area contributed by atoms with Crippen molar-refractivity contribution in [3.63, 3.8) is 0 Å². The van der Waals surface area contributed by atoms with Crippen molar-refractivity contribution in [3.05, 3.63) is 69.2 Å². The molecule has 0 spiro atoms. The van der Waals surface area contributed by atoms with Crippen LogP contribution >= 0.6 is 23.2 Å². The fourth-order valence-corrected chi connectivity index (χ4v) is 2.36. The van der Waals surface area contributed by atoms with Crippen molar-refractivity contribution < 1.29 is 8.78 Å². The summed E-state index contributed by atoms with van der Waals surface area (Å²) in [5.74, 6) is 4.10. The minimum atomic E-state index is -0.680. The number of nitrogens with two attached hydrogens (primary N) is 1. The number of benzene rings is 2. The van der Waals surface area contributed by atoms with E-state index >= 15 is 0 Å². The van der Waals surface area contributed by atoms with Crippen molar-refractivity contribution in [1.82, 2.24) is 5.43 Å². The van der Waals surface area contributed by atoms with Crippen molar-refractivity contribution in [1.29, 1.82) is 0 Å². The highest BCUT2D eigenvalue weighted by Crippen LogP contribution is 2.30. The Morgan fingerprint density at radius 2 is 1.63 bits per heavy atom. The van der Waals surface area contributed by atoms with Gasteiger partial charge in [-0.25, -0.2) is 14.2 Å². The summed E-state index contributed by atoms with van der Waals surface area (Å²) < 4.78 is 26.5. The number of hydrazine groups is 1.